The fourth-order valence-electron chi connectivity index (χ4n) is 2.28. The van der Waals surface area contributed by atoms with Gasteiger partial charge in [0.05, 0.1) is 23.8 Å². The van der Waals surface area contributed by atoms with E-state index < -0.39 is 0 Å². The maximum absolute atomic E-state index is 5.44. The Morgan fingerprint density at radius 1 is 1.16 bits per heavy atom. The van der Waals surface area contributed by atoms with Crippen molar-refractivity contribution in [3.8, 4) is 11.4 Å². The quantitative estimate of drug-likeness (QED) is 0.713. The summed E-state index contributed by atoms with van der Waals surface area (Å²) in [6.07, 6.45) is 0. The van der Waals surface area contributed by atoms with Crippen LogP contribution in [0.5, 0.6) is 5.75 Å². The molecule has 0 aliphatic heterocycles. The molecule has 0 amide bonds. The Morgan fingerprint density at radius 2 is 1.95 bits per heavy atom. The van der Waals surface area contributed by atoms with Crippen molar-refractivity contribution in [3.05, 3.63) is 52.8 Å². The molecule has 0 fully saturated rings. The Morgan fingerprint density at radius 3 is 2.74 bits per heavy atom. The van der Waals surface area contributed by atoms with Crippen molar-refractivity contribution in [3.63, 3.8) is 0 Å². The van der Waals surface area contributed by atoms with Crippen molar-refractivity contribution in [1.29, 1.82) is 0 Å². The van der Waals surface area contributed by atoms with Crippen LogP contribution in [-0.4, -0.2) is 16.7 Å². The van der Waals surface area contributed by atoms with Gasteiger partial charge in [0.2, 0.25) is 0 Å². The van der Waals surface area contributed by atoms with Crippen LogP contribution in [0.1, 0.15) is 5.56 Å². The lowest BCUT2D eigenvalue weighted by atomic mass is 10.2. The third-order valence-electron chi connectivity index (χ3n) is 3.24. The highest BCUT2D eigenvalue weighted by atomic mass is 32.1. The topological polar surface area (TPSA) is 29.9 Å². The number of hydrogen-bond donors (Lipinski definition) is 1. The molecule has 4 heteroatoms. The molecular weight excluding hydrogens is 256 g/mol. The second-order valence-electron chi connectivity index (χ2n) is 4.44. The van der Waals surface area contributed by atoms with Crippen LogP contribution in [0, 0.1) is 11.7 Å². The number of nitrogens with zero attached hydrogens (tertiary/aromatic N) is 1. The van der Waals surface area contributed by atoms with Crippen molar-refractivity contribution in [2.75, 3.05) is 7.11 Å². The van der Waals surface area contributed by atoms with E-state index in [1.165, 1.54) is 5.56 Å². The molecule has 19 heavy (non-hydrogen) atoms. The molecule has 0 atom stereocenters. The number of ether oxygens (including phenoxy) is 1. The molecule has 96 valence electrons. The zero-order valence-corrected chi connectivity index (χ0v) is 11.6. The van der Waals surface area contributed by atoms with Crippen LogP contribution in [0.4, 0.5) is 0 Å². The fourth-order valence-corrected chi connectivity index (χ4v) is 2.59. The summed E-state index contributed by atoms with van der Waals surface area (Å²) in [4.78, 5) is 3.27. The molecule has 1 aromatic heterocycles. The molecule has 0 bridgehead atoms. The van der Waals surface area contributed by atoms with Gasteiger partial charge in [0.1, 0.15) is 5.75 Å². The highest BCUT2D eigenvalue weighted by Crippen LogP contribution is 2.24. The lowest BCUT2D eigenvalue weighted by Gasteiger charge is -2.07. The van der Waals surface area contributed by atoms with Crippen molar-refractivity contribution in [1.82, 2.24) is 9.55 Å². The largest absolute Gasteiger partial charge is 0.497 e. The predicted molar refractivity (Wildman–Crippen MR) is 79.7 cm³/mol. The number of methoxy groups -OCH3 is 1. The normalized spacial score (nSPS) is 10.8. The van der Waals surface area contributed by atoms with Crippen LogP contribution in [-0.2, 0) is 0 Å². The Labute approximate surface area is 116 Å². The third-order valence-corrected chi connectivity index (χ3v) is 3.52. The first kappa shape index (κ1) is 12.0. The maximum atomic E-state index is 5.44. The Kier molecular flexibility index (Phi) is 2.87. The van der Waals surface area contributed by atoms with E-state index in [0.29, 0.717) is 4.77 Å². The fraction of sp³-hybridized carbons (Fsp3) is 0.133. The van der Waals surface area contributed by atoms with Crippen molar-refractivity contribution in [2.24, 2.45) is 0 Å². The van der Waals surface area contributed by atoms with Gasteiger partial charge in [0.15, 0.2) is 4.77 Å². The number of fused-ring (bicyclic) bond motifs is 1. The van der Waals surface area contributed by atoms with Crippen molar-refractivity contribution < 1.29 is 4.74 Å². The highest BCUT2D eigenvalue weighted by Gasteiger charge is 2.08. The molecule has 1 N–H and O–H groups in total. The van der Waals surface area contributed by atoms with Crippen LogP contribution < -0.4 is 4.74 Å². The van der Waals surface area contributed by atoms with E-state index in [1.54, 1.807) is 7.11 Å². The molecule has 0 saturated carbocycles. The van der Waals surface area contributed by atoms with Crippen molar-refractivity contribution in [2.45, 2.75) is 6.92 Å². The van der Waals surface area contributed by atoms with Crippen molar-refractivity contribution >= 4 is 23.3 Å². The van der Waals surface area contributed by atoms with Gasteiger partial charge >= 0.3 is 0 Å². The number of hydrogen-bond acceptors (Lipinski definition) is 2. The Bertz CT molecular complexity index is 801. The van der Waals surface area contributed by atoms with Gasteiger partial charge in [-0.05, 0) is 42.9 Å². The molecule has 0 aliphatic rings. The molecule has 0 radical (unpaired) electrons. The van der Waals surface area contributed by atoms with E-state index in [4.69, 9.17) is 17.0 Å². The molecule has 3 rings (SSSR count). The maximum Gasteiger partial charge on any atom is 0.182 e. The Hall–Kier alpha value is -2.07. The third kappa shape index (κ3) is 1.94. The SMILES string of the molecule is COc1cccc(-n2c(=S)[nH]c3c(C)cccc32)c1. The van der Waals surface area contributed by atoms with E-state index in [2.05, 4.69) is 24.0 Å². The number of para-hydroxylation sites is 1. The van der Waals surface area contributed by atoms with Crippen LogP contribution in [0.3, 0.4) is 0 Å². The first-order chi connectivity index (χ1) is 9.20. The first-order valence-electron chi connectivity index (χ1n) is 6.05. The minimum Gasteiger partial charge on any atom is -0.497 e. The van der Waals surface area contributed by atoms with E-state index in [-0.39, 0.29) is 0 Å². The Balaban J connectivity index is 2.33. The summed E-state index contributed by atoms with van der Waals surface area (Å²) < 4.78 is 7.99. The van der Waals surface area contributed by atoms with Crippen LogP contribution >= 0.6 is 12.2 Å². The number of benzene rings is 2. The van der Waals surface area contributed by atoms with Gasteiger partial charge in [-0.2, -0.15) is 0 Å². The van der Waals surface area contributed by atoms with Crippen LogP contribution in [0.2, 0.25) is 0 Å². The zero-order chi connectivity index (χ0) is 13.4. The first-order valence-corrected chi connectivity index (χ1v) is 6.46. The summed E-state index contributed by atoms with van der Waals surface area (Å²) in [6, 6.07) is 14.1. The number of aromatic amines is 1. The minimum absolute atomic E-state index is 0.692. The molecule has 0 unspecified atom stereocenters. The monoisotopic (exact) mass is 270 g/mol. The average molecular weight is 270 g/mol. The van der Waals surface area contributed by atoms with E-state index in [1.807, 2.05) is 34.9 Å². The van der Waals surface area contributed by atoms with Crippen LogP contribution in [0.25, 0.3) is 16.7 Å². The minimum atomic E-state index is 0.692. The summed E-state index contributed by atoms with van der Waals surface area (Å²) >= 11 is 5.44. The lowest BCUT2D eigenvalue weighted by Crippen LogP contribution is -1.94. The van der Waals surface area contributed by atoms with Gasteiger partial charge in [0, 0.05) is 6.07 Å². The molecule has 1 heterocycles. The molecular formula is C15H14N2OS. The zero-order valence-electron chi connectivity index (χ0n) is 10.8. The molecule has 2 aromatic carbocycles. The smallest absolute Gasteiger partial charge is 0.182 e. The molecule has 0 saturated heterocycles. The van der Waals surface area contributed by atoms with Gasteiger partial charge in [-0.1, -0.05) is 18.2 Å². The average Bonchev–Trinajstić information content (AvgIpc) is 2.77. The second-order valence-corrected chi connectivity index (χ2v) is 4.82. The van der Waals surface area contributed by atoms with Gasteiger partial charge in [-0.15, -0.1) is 0 Å². The highest BCUT2D eigenvalue weighted by molar-refractivity contribution is 7.71. The van der Waals surface area contributed by atoms with E-state index in [9.17, 15) is 0 Å². The summed E-state index contributed by atoms with van der Waals surface area (Å²) in [5.74, 6) is 0.821. The van der Waals surface area contributed by atoms with Gasteiger partial charge < -0.3 is 9.72 Å². The number of aryl methyl sites for hydroxylation is 1. The molecule has 0 spiro atoms. The van der Waals surface area contributed by atoms with Gasteiger partial charge in [-0.25, -0.2) is 0 Å². The van der Waals surface area contributed by atoms with E-state index in [0.717, 1.165) is 22.5 Å². The number of rotatable bonds is 2. The van der Waals surface area contributed by atoms with E-state index >= 15 is 0 Å². The number of nitrogens with one attached hydrogen (secondary N) is 1. The van der Waals surface area contributed by atoms with Gasteiger partial charge in [0.25, 0.3) is 0 Å². The number of H-pyrrole nitrogens is 1. The molecule has 3 aromatic rings. The number of aromatic nitrogens is 2. The summed E-state index contributed by atoms with van der Waals surface area (Å²) in [5.41, 5.74) is 4.35. The summed E-state index contributed by atoms with van der Waals surface area (Å²) in [5, 5.41) is 0. The molecule has 0 aliphatic carbocycles. The van der Waals surface area contributed by atoms with Crippen LogP contribution in [0.15, 0.2) is 42.5 Å². The van der Waals surface area contributed by atoms with Gasteiger partial charge in [-0.3, -0.25) is 4.57 Å². The molecule has 3 nitrogen and oxygen atoms in total. The summed E-state index contributed by atoms with van der Waals surface area (Å²) in [6.45, 7) is 2.07. The number of imidazole rings is 1. The predicted octanol–water partition coefficient (Wildman–Crippen LogP) is 4.01. The second kappa shape index (κ2) is 4.55. The lowest BCUT2D eigenvalue weighted by molar-refractivity contribution is 0.414. The summed E-state index contributed by atoms with van der Waals surface area (Å²) in [7, 11) is 1.66. The standard InChI is InChI=1S/C15H14N2OS/c1-10-5-3-8-13-14(10)16-15(19)17(13)11-6-4-7-12(9-11)18-2/h3-9H,1-2H3,(H,16,19).